The summed E-state index contributed by atoms with van der Waals surface area (Å²) < 4.78 is 0. The molecule has 0 spiro atoms. The van der Waals surface area contributed by atoms with Crippen LogP contribution in [0.2, 0.25) is 0 Å². The number of aryl methyl sites for hydroxylation is 1. The van der Waals surface area contributed by atoms with Crippen LogP contribution in [-0.2, 0) is 6.16 Å². The highest BCUT2D eigenvalue weighted by Gasteiger charge is 1.95. The molecular weight excluding hydrogens is 151 g/mol. The SMILES string of the molecule is Cc1cccc(CP(C)C)c1. The second-order valence-electron chi connectivity index (χ2n) is 3.23. The molecule has 0 aliphatic rings. The summed E-state index contributed by atoms with van der Waals surface area (Å²) in [5.41, 5.74) is 2.86. The van der Waals surface area contributed by atoms with E-state index < -0.39 is 0 Å². The van der Waals surface area contributed by atoms with Crippen molar-refractivity contribution in [1.82, 2.24) is 0 Å². The average molecular weight is 166 g/mol. The van der Waals surface area contributed by atoms with E-state index in [0.29, 0.717) is 0 Å². The van der Waals surface area contributed by atoms with Crippen LogP contribution >= 0.6 is 7.92 Å². The van der Waals surface area contributed by atoms with Gasteiger partial charge in [0, 0.05) is 0 Å². The van der Waals surface area contributed by atoms with Gasteiger partial charge in [0.2, 0.25) is 0 Å². The lowest BCUT2D eigenvalue weighted by atomic mass is 10.2. The van der Waals surface area contributed by atoms with E-state index in [1.807, 2.05) is 0 Å². The Balaban J connectivity index is 2.71. The Bertz CT molecular complexity index is 228. The Hall–Kier alpha value is -0.350. The molecule has 0 heterocycles. The summed E-state index contributed by atoms with van der Waals surface area (Å²) in [4.78, 5) is 0. The molecule has 1 heteroatoms. The van der Waals surface area contributed by atoms with Crippen molar-refractivity contribution >= 4 is 7.92 Å². The number of rotatable bonds is 2. The zero-order chi connectivity index (χ0) is 8.27. The van der Waals surface area contributed by atoms with Crippen LogP contribution in [0.4, 0.5) is 0 Å². The first-order valence-corrected chi connectivity index (χ1v) is 6.31. The van der Waals surface area contributed by atoms with Crippen molar-refractivity contribution in [2.45, 2.75) is 13.1 Å². The first-order valence-electron chi connectivity index (χ1n) is 3.89. The summed E-state index contributed by atoms with van der Waals surface area (Å²) >= 11 is 0. The normalized spacial score (nSPS) is 10.5. The molecular formula is C10H15P. The van der Waals surface area contributed by atoms with Crippen LogP contribution in [0.5, 0.6) is 0 Å². The van der Waals surface area contributed by atoms with Gasteiger partial charge in [0.1, 0.15) is 0 Å². The number of hydrogen-bond acceptors (Lipinski definition) is 0. The minimum absolute atomic E-state index is 0.211. The van der Waals surface area contributed by atoms with Gasteiger partial charge in [0.15, 0.2) is 0 Å². The number of hydrogen-bond donors (Lipinski definition) is 0. The van der Waals surface area contributed by atoms with Crippen molar-refractivity contribution in [3.05, 3.63) is 35.4 Å². The maximum absolute atomic E-state index is 2.32. The van der Waals surface area contributed by atoms with Crippen molar-refractivity contribution in [1.29, 1.82) is 0 Å². The third-order valence-corrected chi connectivity index (χ3v) is 2.58. The van der Waals surface area contributed by atoms with E-state index in [-0.39, 0.29) is 7.92 Å². The molecule has 60 valence electrons. The highest BCUT2D eigenvalue weighted by Crippen LogP contribution is 2.30. The van der Waals surface area contributed by atoms with Gasteiger partial charge in [-0.2, -0.15) is 0 Å². The van der Waals surface area contributed by atoms with Crippen molar-refractivity contribution in [3.8, 4) is 0 Å². The fourth-order valence-corrected chi connectivity index (χ4v) is 2.10. The second-order valence-corrected chi connectivity index (χ2v) is 5.70. The van der Waals surface area contributed by atoms with Gasteiger partial charge in [0.05, 0.1) is 0 Å². The van der Waals surface area contributed by atoms with Gasteiger partial charge in [-0.3, -0.25) is 0 Å². The third-order valence-electron chi connectivity index (χ3n) is 1.58. The van der Waals surface area contributed by atoms with Crippen LogP contribution in [0.15, 0.2) is 24.3 Å². The van der Waals surface area contributed by atoms with Gasteiger partial charge in [0.25, 0.3) is 0 Å². The zero-order valence-corrected chi connectivity index (χ0v) is 8.36. The molecule has 0 saturated carbocycles. The molecule has 0 fully saturated rings. The number of benzene rings is 1. The molecule has 1 aromatic rings. The molecule has 11 heavy (non-hydrogen) atoms. The van der Waals surface area contributed by atoms with Crippen LogP contribution in [0.1, 0.15) is 11.1 Å². The van der Waals surface area contributed by atoms with Crippen molar-refractivity contribution < 1.29 is 0 Å². The molecule has 0 nitrogen and oxygen atoms in total. The monoisotopic (exact) mass is 166 g/mol. The molecule has 0 saturated heterocycles. The molecule has 0 bridgehead atoms. The Kier molecular flexibility index (Phi) is 3.08. The van der Waals surface area contributed by atoms with E-state index in [1.165, 1.54) is 17.3 Å². The van der Waals surface area contributed by atoms with Crippen LogP contribution in [-0.4, -0.2) is 13.3 Å². The van der Waals surface area contributed by atoms with E-state index in [2.05, 4.69) is 44.5 Å². The topological polar surface area (TPSA) is 0 Å². The van der Waals surface area contributed by atoms with Crippen molar-refractivity contribution in [3.63, 3.8) is 0 Å². The van der Waals surface area contributed by atoms with E-state index in [4.69, 9.17) is 0 Å². The summed E-state index contributed by atoms with van der Waals surface area (Å²) in [6.45, 7) is 6.78. The summed E-state index contributed by atoms with van der Waals surface area (Å²) in [7, 11) is 0.211. The molecule has 0 aromatic heterocycles. The largest absolute Gasteiger partial charge is 0.109 e. The molecule has 0 N–H and O–H groups in total. The van der Waals surface area contributed by atoms with Gasteiger partial charge in [-0.15, -0.1) is 7.92 Å². The summed E-state index contributed by atoms with van der Waals surface area (Å²) in [6, 6.07) is 8.79. The fraction of sp³-hybridized carbons (Fsp3) is 0.400. The van der Waals surface area contributed by atoms with Crippen molar-refractivity contribution in [2.75, 3.05) is 13.3 Å². The predicted molar refractivity (Wildman–Crippen MR) is 53.7 cm³/mol. The lowest BCUT2D eigenvalue weighted by Crippen LogP contribution is -1.82. The lowest BCUT2D eigenvalue weighted by Gasteiger charge is -2.05. The maximum atomic E-state index is 2.32. The zero-order valence-electron chi connectivity index (χ0n) is 7.46. The molecule has 0 aliphatic carbocycles. The molecule has 0 aliphatic heterocycles. The molecule has 1 rings (SSSR count). The van der Waals surface area contributed by atoms with E-state index in [0.717, 1.165) is 0 Å². The Morgan fingerprint density at radius 3 is 2.55 bits per heavy atom. The van der Waals surface area contributed by atoms with Gasteiger partial charge in [-0.1, -0.05) is 29.8 Å². The molecule has 1 aromatic carbocycles. The quantitative estimate of drug-likeness (QED) is 0.592. The molecule has 0 amide bonds. The maximum Gasteiger partial charge on any atom is -0.00779 e. The molecule has 0 radical (unpaired) electrons. The van der Waals surface area contributed by atoms with Crippen LogP contribution in [0, 0.1) is 6.92 Å². The van der Waals surface area contributed by atoms with Crippen LogP contribution in [0.3, 0.4) is 0 Å². The lowest BCUT2D eigenvalue weighted by molar-refractivity contribution is 1.34. The van der Waals surface area contributed by atoms with Crippen LogP contribution < -0.4 is 0 Å². The minimum Gasteiger partial charge on any atom is -0.109 e. The predicted octanol–water partition coefficient (Wildman–Crippen LogP) is 3.24. The average Bonchev–Trinajstić information content (AvgIpc) is 1.85. The minimum atomic E-state index is 0.211. The Morgan fingerprint density at radius 1 is 1.27 bits per heavy atom. The fourth-order valence-electron chi connectivity index (χ4n) is 1.18. The van der Waals surface area contributed by atoms with Gasteiger partial charge in [-0.05, 0) is 32.0 Å². The van der Waals surface area contributed by atoms with Gasteiger partial charge in [-0.25, -0.2) is 0 Å². The summed E-state index contributed by atoms with van der Waals surface area (Å²) in [5, 5.41) is 0. The second kappa shape index (κ2) is 3.88. The highest BCUT2D eigenvalue weighted by atomic mass is 31.1. The molecule has 0 atom stereocenters. The van der Waals surface area contributed by atoms with Gasteiger partial charge < -0.3 is 0 Å². The first kappa shape index (κ1) is 8.74. The van der Waals surface area contributed by atoms with Crippen LogP contribution in [0.25, 0.3) is 0 Å². The van der Waals surface area contributed by atoms with E-state index >= 15 is 0 Å². The highest BCUT2D eigenvalue weighted by molar-refractivity contribution is 7.55. The van der Waals surface area contributed by atoms with Gasteiger partial charge >= 0.3 is 0 Å². The summed E-state index contributed by atoms with van der Waals surface area (Å²) in [6.07, 6.45) is 1.26. The molecule has 0 unspecified atom stereocenters. The third kappa shape index (κ3) is 3.03. The Morgan fingerprint density at radius 2 is 2.00 bits per heavy atom. The smallest absolute Gasteiger partial charge is 0.00779 e. The summed E-state index contributed by atoms with van der Waals surface area (Å²) in [5.74, 6) is 0. The van der Waals surface area contributed by atoms with E-state index in [9.17, 15) is 0 Å². The first-order chi connectivity index (χ1) is 5.18. The van der Waals surface area contributed by atoms with E-state index in [1.54, 1.807) is 0 Å². The Labute approximate surface area is 70.4 Å². The van der Waals surface area contributed by atoms with Crippen molar-refractivity contribution in [2.24, 2.45) is 0 Å². The standard InChI is InChI=1S/C10H15P/c1-9-5-4-6-10(7-9)8-11(2)3/h4-7H,8H2,1-3H3.